The molecule has 4 heteroatoms. The van der Waals surface area contributed by atoms with Crippen molar-refractivity contribution in [2.75, 3.05) is 0 Å². The molecule has 0 radical (unpaired) electrons. The average Bonchev–Trinajstić information content (AvgIpc) is 2.31. The quantitative estimate of drug-likeness (QED) is 0.281. The molecule has 0 fully saturated rings. The average molecular weight is 210 g/mol. The highest BCUT2D eigenvalue weighted by Gasteiger charge is 2.25. The maximum absolute atomic E-state index is 11.5. The van der Waals surface area contributed by atoms with Gasteiger partial charge in [0.2, 0.25) is 0 Å². The van der Waals surface area contributed by atoms with Gasteiger partial charge in [-0.1, -0.05) is 18.2 Å². The summed E-state index contributed by atoms with van der Waals surface area (Å²) < 4.78 is 5.03. The number of hydrogen-bond donors (Lipinski definition) is 0. The lowest BCUT2D eigenvalue weighted by Crippen LogP contribution is -2.20. The van der Waals surface area contributed by atoms with E-state index in [-0.39, 0.29) is 17.6 Å². The third kappa shape index (κ3) is 1.53. The van der Waals surface area contributed by atoms with E-state index in [1.54, 1.807) is 30.3 Å². The Morgan fingerprint density at radius 3 is 2.62 bits per heavy atom. The number of carbonyl (C=O) groups is 1. The van der Waals surface area contributed by atoms with Gasteiger partial charge < -0.3 is 4.74 Å². The number of allylic oxidation sites excluding steroid dienone is 1. The monoisotopic (exact) mass is 210 g/mol. The second-order valence-corrected chi connectivity index (χ2v) is 3.25. The van der Waals surface area contributed by atoms with E-state index >= 15 is 0 Å². The maximum atomic E-state index is 11.5. The first kappa shape index (κ1) is 9.95. The van der Waals surface area contributed by atoms with Crippen LogP contribution in [0.1, 0.15) is 5.56 Å². The standard InChI is InChI=1S/C12H6N2O2/c13-6-9(7-14)10-5-8-3-1-2-4-11(8)16-12(10)15/h1-4H,5H2. The second kappa shape index (κ2) is 3.88. The summed E-state index contributed by atoms with van der Waals surface area (Å²) in [6.45, 7) is 0. The first-order valence-corrected chi connectivity index (χ1v) is 4.59. The number of hydrogen-bond acceptors (Lipinski definition) is 4. The Balaban J connectivity index is 2.52. The molecule has 1 aromatic rings. The molecule has 0 bridgehead atoms. The zero-order valence-corrected chi connectivity index (χ0v) is 8.23. The number of esters is 1. The van der Waals surface area contributed by atoms with Gasteiger partial charge in [0.05, 0.1) is 5.57 Å². The molecular weight excluding hydrogens is 204 g/mol. The van der Waals surface area contributed by atoms with Gasteiger partial charge >= 0.3 is 5.97 Å². The fourth-order valence-corrected chi connectivity index (χ4v) is 1.52. The lowest BCUT2D eigenvalue weighted by Gasteiger charge is -2.17. The third-order valence-corrected chi connectivity index (χ3v) is 2.31. The highest BCUT2D eigenvalue weighted by molar-refractivity contribution is 5.95. The van der Waals surface area contributed by atoms with Gasteiger partial charge in [-0.3, -0.25) is 0 Å². The van der Waals surface area contributed by atoms with Crippen molar-refractivity contribution in [3.63, 3.8) is 0 Å². The van der Waals surface area contributed by atoms with Crippen LogP contribution in [0, 0.1) is 22.7 Å². The van der Waals surface area contributed by atoms with Crippen molar-refractivity contribution in [2.45, 2.75) is 6.42 Å². The molecule has 0 saturated heterocycles. The Bertz CT molecular complexity index is 557. The highest BCUT2D eigenvalue weighted by atomic mass is 16.5. The predicted molar refractivity (Wildman–Crippen MR) is 54.0 cm³/mol. The van der Waals surface area contributed by atoms with E-state index < -0.39 is 5.97 Å². The zero-order valence-electron chi connectivity index (χ0n) is 8.23. The molecule has 1 aromatic carbocycles. The molecule has 2 rings (SSSR count). The molecule has 0 atom stereocenters. The number of para-hydroxylation sites is 1. The minimum Gasteiger partial charge on any atom is -0.423 e. The Kier molecular flexibility index (Phi) is 2.41. The Hall–Kier alpha value is -2.59. The Morgan fingerprint density at radius 2 is 1.94 bits per heavy atom. The first-order valence-electron chi connectivity index (χ1n) is 4.59. The van der Waals surface area contributed by atoms with Gasteiger partial charge in [0, 0.05) is 6.42 Å². The molecule has 1 heterocycles. The van der Waals surface area contributed by atoms with Crippen molar-refractivity contribution < 1.29 is 9.53 Å². The van der Waals surface area contributed by atoms with Crippen molar-refractivity contribution >= 4 is 5.97 Å². The molecule has 16 heavy (non-hydrogen) atoms. The molecular formula is C12H6N2O2. The molecule has 0 unspecified atom stereocenters. The molecule has 1 aliphatic rings. The SMILES string of the molecule is N#CC(C#N)=C1Cc2ccccc2OC1=O. The minimum atomic E-state index is -0.614. The largest absolute Gasteiger partial charge is 0.423 e. The molecule has 0 N–H and O–H groups in total. The van der Waals surface area contributed by atoms with E-state index in [4.69, 9.17) is 15.3 Å². The maximum Gasteiger partial charge on any atom is 0.341 e. The molecule has 0 saturated carbocycles. The van der Waals surface area contributed by atoms with Crippen LogP contribution >= 0.6 is 0 Å². The number of nitrogens with zero attached hydrogens (tertiary/aromatic N) is 2. The number of rotatable bonds is 0. The zero-order chi connectivity index (χ0) is 11.5. The Labute approximate surface area is 92.0 Å². The van der Waals surface area contributed by atoms with Crippen LogP contribution < -0.4 is 4.74 Å². The second-order valence-electron chi connectivity index (χ2n) is 3.25. The Morgan fingerprint density at radius 1 is 1.25 bits per heavy atom. The first-order chi connectivity index (χ1) is 7.76. The molecule has 4 nitrogen and oxygen atoms in total. The third-order valence-electron chi connectivity index (χ3n) is 2.31. The fourth-order valence-electron chi connectivity index (χ4n) is 1.52. The lowest BCUT2D eigenvalue weighted by molar-refractivity contribution is -0.130. The van der Waals surface area contributed by atoms with E-state index in [1.165, 1.54) is 0 Å². The van der Waals surface area contributed by atoms with Gasteiger partial charge in [0.25, 0.3) is 0 Å². The van der Waals surface area contributed by atoms with Gasteiger partial charge in [-0.2, -0.15) is 10.5 Å². The summed E-state index contributed by atoms with van der Waals surface area (Å²) in [4.78, 5) is 11.5. The smallest absolute Gasteiger partial charge is 0.341 e. The molecule has 76 valence electrons. The summed E-state index contributed by atoms with van der Waals surface area (Å²) in [5.41, 5.74) is 0.753. The lowest BCUT2D eigenvalue weighted by atomic mass is 9.98. The summed E-state index contributed by atoms with van der Waals surface area (Å²) in [7, 11) is 0. The summed E-state index contributed by atoms with van der Waals surface area (Å²) in [6, 6.07) is 10.5. The fraction of sp³-hybridized carbons (Fsp3) is 0.0833. The van der Waals surface area contributed by atoms with Gasteiger partial charge in [-0.05, 0) is 11.6 Å². The van der Waals surface area contributed by atoms with Crippen molar-refractivity contribution in [2.24, 2.45) is 0 Å². The van der Waals surface area contributed by atoms with Gasteiger partial charge in [0.15, 0.2) is 0 Å². The van der Waals surface area contributed by atoms with Crippen LogP contribution in [0.3, 0.4) is 0 Å². The van der Waals surface area contributed by atoms with Gasteiger partial charge in [0.1, 0.15) is 23.5 Å². The molecule has 1 aliphatic heterocycles. The summed E-state index contributed by atoms with van der Waals surface area (Å²) >= 11 is 0. The van der Waals surface area contributed by atoms with Crippen molar-refractivity contribution in [1.82, 2.24) is 0 Å². The van der Waals surface area contributed by atoms with E-state index in [9.17, 15) is 4.79 Å². The number of fused-ring (bicyclic) bond motifs is 1. The van der Waals surface area contributed by atoms with Gasteiger partial charge in [-0.25, -0.2) is 4.79 Å². The summed E-state index contributed by atoms with van der Waals surface area (Å²) in [5, 5.41) is 17.4. The molecule has 0 spiro atoms. The van der Waals surface area contributed by atoms with E-state index in [2.05, 4.69) is 0 Å². The number of carbonyl (C=O) groups excluding carboxylic acids is 1. The topological polar surface area (TPSA) is 73.9 Å². The number of ether oxygens (including phenoxy) is 1. The van der Waals surface area contributed by atoms with E-state index in [1.807, 2.05) is 6.07 Å². The summed E-state index contributed by atoms with van der Waals surface area (Å²) in [5.74, 6) is -0.122. The number of nitriles is 2. The van der Waals surface area contributed by atoms with Crippen LogP contribution in [0.25, 0.3) is 0 Å². The van der Waals surface area contributed by atoms with Crippen molar-refractivity contribution in [1.29, 1.82) is 10.5 Å². The van der Waals surface area contributed by atoms with Crippen LogP contribution in [-0.2, 0) is 11.2 Å². The minimum absolute atomic E-state index is 0.128. The highest BCUT2D eigenvalue weighted by Crippen LogP contribution is 2.28. The summed E-state index contributed by atoms with van der Waals surface area (Å²) in [6.07, 6.45) is 0.269. The van der Waals surface area contributed by atoms with E-state index in [0.717, 1.165) is 5.56 Å². The number of benzene rings is 1. The molecule has 0 aliphatic carbocycles. The van der Waals surface area contributed by atoms with Crippen LogP contribution in [0.2, 0.25) is 0 Å². The van der Waals surface area contributed by atoms with Crippen molar-refractivity contribution in [3.8, 4) is 17.9 Å². The van der Waals surface area contributed by atoms with Crippen molar-refractivity contribution in [3.05, 3.63) is 41.0 Å². The van der Waals surface area contributed by atoms with E-state index in [0.29, 0.717) is 5.75 Å². The van der Waals surface area contributed by atoms with Crippen LogP contribution in [0.5, 0.6) is 5.75 Å². The van der Waals surface area contributed by atoms with Crippen LogP contribution in [0.4, 0.5) is 0 Å². The molecule has 0 aromatic heterocycles. The molecule has 0 amide bonds. The predicted octanol–water partition coefficient (Wildman–Crippen LogP) is 1.49. The van der Waals surface area contributed by atoms with Crippen LogP contribution in [-0.4, -0.2) is 5.97 Å². The van der Waals surface area contributed by atoms with Crippen LogP contribution in [0.15, 0.2) is 35.4 Å². The van der Waals surface area contributed by atoms with Gasteiger partial charge in [-0.15, -0.1) is 0 Å². The normalized spacial score (nSPS) is 13.1.